The number of nitrogens with zero attached hydrogens (tertiary/aromatic N) is 5. The number of amides is 2. The highest BCUT2D eigenvalue weighted by Crippen LogP contribution is 2.39. The van der Waals surface area contributed by atoms with Crippen molar-refractivity contribution in [1.82, 2.24) is 14.8 Å². The van der Waals surface area contributed by atoms with Gasteiger partial charge in [0.05, 0.1) is 30.2 Å². The summed E-state index contributed by atoms with van der Waals surface area (Å²) in [6, 6.07) is 0.471. The van der Waals surface area contributed by atoms with E-state index in [-0.39, 0.29) is 6.54 Å². The van der Waals surface area contributed by atoms with Crippen molar-refractivity contribution in [2.45, 2.75) is 25.2 Å². The van der Waals surface area contributed by atoms with Crippen LogP contribution >= 0.6 is 0 Å². The molecule has 1 aliphatic heterocycles. The van der Waals surface area contributed by atoms with Crippen LogP contribution in [0.15, 0.2) is 24.7 Å². The summed E-state index contributed by atoms with van der Waals surface area (Å²) in [6.45, 7) is 7.63. The Balaban J connectivity index is 1.97. The number of cyclic esters (lactones) is 1. The SMILES string of the molecule is [C-]#[N+]c1ncc(N2C(=O)O[C@@](C)(Cn3cc(F)cn3)C2=O)cc1C(F)(F)F. The lowest BCUT2D eigenvalue weighted by Crippen LogP contribution is -2.42. The third-order valence-corrected chi connectivity index (χ3v) is 3.74. The monoisotopic (exact) mass is 383 g/mol. The topological polar surface area (TPSA) is 81.7 Å². The first-order valence-electron chi connectivity index (χ1n) is 7.25. The van der Waals surface area contributed by atoms with E-state index in [1.807, 2.05) is 0 Å². The molecule has 2 aromatic rings. The van der Waals surface area contributed by atoms with Gasteiger partial charge in [0, 0.05) is 0 Å². The van der Waals surface area contributed by atoms with Gasteiger partial charge < -0.3 is 9.58 Å². The van der Waals surface area contributed by atoms with Crippen molar-refractivity contribution in [3.8, 4) is 0 Å². The predicted octanol–water partition coefficient (Wildman–Crippen LogP) is 2.93. The molecule has 12 heteroatoms. The van der Waals surface area contributed by atoms with Crippen LogP contribution in [0.4, 0.5) is 33.9 Å². The molecule has 0 radical (unpaired) electrons. The Morgan fingerprint density at radius 3 is 2.59 bits per heavy atom. The summed E-state index contributed by atoms with van der Waals surface area (Å²) < 4.78 is 58.3. The minimum Gasteiger partial charge on any atom is -0.430 e. The zero-order valence-corrected chi connectivity index (χ0v) is 13.5. The quantitative estimate of drug-likeness (QED) is 0.601. The van der Waals surface area contributed by atoms with Gasteiger partial charge in [-0.2, -0.15) is 18.3 Å². The molecule has 8 nitrogen and oxygen atoms in total. The molecule has 0 aliphatic carbocycles. The Morgan fingerprint density at radius 1 is 1.33 bits per heavy atom. The van der Waals surface area contributed by atoms with Gasteiger partial charge in [0.15, 0.2) is 5.82 Å². The smallest absolute Gasteiger partial charge is 0.422 e. The third kappa shape index (κ3) is 3.19. The fourth-order valence-electron chi connectivity index (χ4n) is 2.52. The van der Waals surface area contributed by atoms with Crippen LogP contribution in [0.2, 0.25) is 0 Å². The molecule has 140 valence electrons. The Morgan fingerprint density at radius 2 is 2.04 bits per heavy atom. The van der Waals surface area contributed by atoms with E-state index in [1.54, 1.807) is 0 Å². The van der Waals surface area contributed by atoms with Gasteiger partial charge in [-0.15, -0.1) is 4.98 Å². The molecule has 2 aromatic heterocycles. The third-order valence-electron chi connectivity index (χ3n) is 3.74. The second kappa shape index (κ2) is 6.04. The summed E-state index contributed by atoms with van der Waals surface area (Å²) in [5.74, 6) is -2.57. The highest BCUT2D eigenvalue weighted by Gasteiger charge is 2.52. The van der Waals surface area contributed by atoms with Gasteiger partial charge >= 0.3 is 12.3 Å². The first kappa shape index (κ1) is 18.3. The zero-order valence-electron chi connectivity index (χ0n) is 13.5. The predicted molar refractivity (Wildman–Crippen MR) is 80.1 cm³/mol. The second-order valence-electron chi connectivity index (χ2n) is 5.77. The number of pyridine rings is 1. The summed E-state index contributed by atoms with van der Waals surface area (Å²) >= 11 is 0. The van der Waals surface area contributed by atoms with Crippen molar-refractivity contribution < 1.29 is 31.9 Å². The van der Waals surface area contributed by atoms with Crippen LogP contribution in [-0.2, 0) is 22.3 Å². The molecule has 0 N–H and O–H groups in total. The maximum absolute atomic E-state index is 13.1. The number of halogens is 4. The standard InChI is InChI=1S/C15H9F4N5O3/c1-14(7-23-6-8(16)4-22-23)12(25)24(13(26)27-14)9-3-10(15(17,18)19)11(20-2)21-5-9/h3-6H,7H2,1H3/t14-/m0/s1. The number of hydrogen-bond acceptors (Lipinski definition) is 5. The Bertz CT molecular complexity index is 981. The zero-order chi connectivity index (χ0) is 20.0. The normalized spacial score (nSPS) is 19.9. The van der Waals surface area contributed by atoms with Gasteiger partial charge in [-0.05, 0) is 13.0 Å². The average molecular weight is 383 g/mol. The van der Waals surface area contributed by atoms with E-state index in [4.69, 9.17) is 11.3 Å². The number of carbonyl (C=O) groups is 2. The summed E-state index contributed by atoms with van der Waals surface area (Å²) in [6.07, 6.45) is -3.50. The molecule has 0 spiro atoms. The number of aromatic nitrogens is 3. The van der Waals surface area contributed by atoms with E-state index in [2.05, 4.69) is 14.9 Å². The number of hydrogen-bond donors (Lipinski definition) is 0. The summed E-state index contributed by atoms with van der Waals surface area (Å²) in [5.41, 5.74) is -3.70. The number of alkyl halides is 3. The molecule has 1 aliphatic rings. The van der Waals surface area contributed by atoms with Crippen LogP contribution in [0.3, 0.4) is 0 Å². The molecule has 2 amide bonds. The minimum atomic E-state index is -4.91. The van der Waals surface area contributed by atoms with Crippen molar-refractivity contribution in [1.29, 1.82) is 0 Å². The lowest BCUT2D eigenvalue weighted by Gasteiger charge is -2.19. The fraction of sp³-hybridized carbons (Fsp3) is 0.267. The Hall–Kier alpha value is -3.49. The second-order valence-corrected chi connectivity index (χ2v) is 5.77. The maximum atomic E-state index is 13.1. The molecule has 1 fully saturated rings. The van der Waals surface area contributed by atoms with Gasteiger partial charge in [-0.25, -0.2) is 14.1 Å². The van der Waals surface area contributed by atoms with Crippen LogP contribution in [0.25, 0.3) is 4.85 Å². The van der Waals surface area contributed by atoms with Crippen molar-refractivity contribution in [2.75, 3.05) is 4.90 Å². The van der Waals surface area contributed by atoms with Gasteiger partial charge in [0.2, 0.25) is 5.60 Å². The first-order valence-corrected chi connectivity index (χ1v) is 7.25. The van der Waals surface area contributed by atoms with E-state index in [0.29, 0.717) is 11.0 Å². The molecule has 1 atom stereocenters. The summed E-state index contributed by atoms with van der Waals surface area (Å²) in [4.78, 5) is 31.2. The van der Waals surface area contributed by atoms with Crippen molar-refractivity contribution in [3.63, 3.8) is 0 Å². The molecule has 0 aromatic carbocycles. The molecule has 3 heterocycles. The highest BCUT2D eigenvalue weighted by atomic mass is 19.4. The molecule has 0 saturated carbocycles. The molecule has 0 bridgehead atoms. The molecule has 3 rings (SSSR count). The van der Waals surface area contributed by atoms with E-state index in [0.717, 1.165) is 23.3 Å². The molecule has 27 heavy (non-hydrogen) atoms. The van der Waals surface area contributed by atoms with E-state index < -0.39 is 46.7 Å². The van der Waals surface area contributed by atoms with Crippen molar-refractivity contribution in [2.24, 2.45) is 0 Å². The largest absolute Gasteiger partial charge is 0.430 e. The van der Waals surface area contributed by atoms with Crippen LogP contribution in [0, 0.1) is 12.4 Å². The van der Waals surface area contributed by atoms with Gasteiger partial charge in [0.25, 0.3) is 11.7 Å². The Kier molecular flexibility index (Phi) is 4.10. The average Bonchev–Trinajstić information content (AvgIpc) is 3.07. The van der Waals surface area contributed by atoms with Crippen LogP contribution < -0.4 is 4.90 Å². The van der Waals surface area contributed by atoms with Gasteiger partial charge in [-0.1, -0.05) is 6.57 Å². The lowest BCUT2D eigenvalue weighted by atomic mass is 10.1. The van der Waals surface area contributed by atoms with E-state index in [1.165, 1.54) is 6.92 Å². The van der Waals surface area contributed by atoms with Crippen LogP contribution in [-0.4, -0.2) is 32.4 Å². The first-order chi connectivity index (χ1) is 12.5. The van der Waals surface area contributed by atoms with Gasteiger partial charge in [-0.3, -0.25) is 9.48 Å². The summed E-state index contributed by atoms with van der Waals surface area (Å²) in [7, 11) is 0. The Labute approximate surface area is 148 Å². The number of ether oxygens (including phenoxy) is 1. The highest BCUT2D eigenvalue weighted by molar-refractivity contribution is 6.19. The maximum Gasteiger partial charge on any atom is 0.422 e. The molecular formula is C15H9F4N5O3. The van der Waals surface area contributed by atoms with E-state index >= 15 is 0 Å². The minimum absolute atomic E-state index is 0.350. The number of anilines is 1. The van der Waals surface area contributed by atoms with Crippen LogP contribution in [0.5, 0.6) is 0 Å². The number of carbonyl (C=O) groups excluding carboxylic acids is 2. The van der Waals surface area contributed by atoms with Crippen molar-refractivity contribution in [3.05, 3.63) is 47.5 Å². The molecule has 0 unspecified atom stereocenters. The summed E-state index contributed by atoms with van der Waals surface area (Å²) in [5, 5.41) is 3.64. The van der Waals surface area contributed by atoms with Crippen LogP contribution in [0.1, 0.15) is 12.5 Å². The number of imide groups is 1. The molecule has 1 saturated heterocycles. The fourth-order valence-corrected chi connectivity index (χ4v) is 2.52. The lowest BCUT2D eigenvalue weighted by molar-refractivity contribution is -0.137. The number of rotatable bonds is 3. The van der Waals surface area contributed by atoms with E-state index in [9.17, 15) is 27.2 Å². The van der Waals surface area contributed by atoms with Gasteiger partial charge in [0.1, 0.15) is 6.20 Å². The molecular weight excluding hydrogens is 374 g/mol. The van der Waals surface area contributed by atoms with Crippen molar-refractivity contribution >= 4 is 23.5 Å².